The lowest BCUT2D eigenvalue weighted by Crippen LogP contribution is -2.30. The van der Waals surface area contributed by atoms with Crippen LogP contribution >= 0.6 is 0 Å². The second-order valence-electron chi connectivity index (χ2n) is 7.71. The van der Waals surface area contributed by atoms with Crippen molar-refractivity contribution in [3.63, 3.8) is 0 Å². The number of rotatable bonds is 3. The highest BCUT2D eigenvalue weighted by Gasteiger charge is 2.35. The first-order valence-electron chi connectivity index (χ1n) is 8.78. The maximum atomic E-state index is 14.9. The molecule has 0 spiro atoms. The number of nitrogens with zero attached hydrogens (tertiary/aromatic N) is 2. The second kappa shape index (κ2) is 5.54. The molecular weight excluding hydrogens is 339 g/mol. The predicted octanol–water partition coefficient (Wildman–Crippen LogP) is 2.44. The Labute approximate surface area is 149 Å². The highest BCUT2D eigenvalue weighted by Crippen LogP contribution is 2.40. The molecule has 1 aliphatic carbocycles. The van der Waals surface area contributed by atoms with E-state index < -0.39 is 22.8 Å². The molecule has 1 atom stereocenters. The normalized spacial score (nSPS) is 23.0. The van der Waals surface area contributed by atoms with Gasteiger partial charge in [0.2, 0.25) is 5.43 Å². The van der Waals surface area contributed by atoms with E-state index in [1.54, 1.807) is 18.7 Å². The number of carbonyl (C=O) groups is 1. The fourth-order valence-corrected chi connectivity index (χ4v) is 3.99. The lowest BCUT2D eigenvalue weighted by molar-refractivity contribution is 0.0694. The van der Waals surface area contributed by atoms with Gasteiger partial charge in [-0.15, -0.1) is 0 Å². The van der Waals surface area contributed by atoms with Crippen molar-refractivity contribution in [1.29, 1.82) is 0 Å². The molecule has 1 aromatic heterocycles. The van der Waals surface area contributed by atoms with Gasteiger partial charge in [0.25, 0.3) is 0 Å². The van der Waals surface area contributed by atoms with Gasteiger partial charge < -0.3 is 19.7 Å². The molecule has 2 aliphatic rings. The molecule has 138 valence electrons. The molecule has 6 nitrogen and oxygen atoms in total. The van der Waals surface area contributed by atoms with E-state index in [9.17, 15) is 24.2 Å². The third kappa shape index (κ3) is 2.58. The van der Waals surface area contributed by atoms with Crippen LogP contribution in [0.15, 0.2) is 17.1 Å². The molecule has 2 N–H and O–H groups in total. The topological polar surface area (TPSA) is 82.8 Å². The van der Waals surface area contributed by atoms with Crippen molar-refractivity contribution in [2.45, 2.75) is 44.8 Å². The maximum Gasteiger partial charge on any atom is 0.341 e. The van der Waals surface area contributed by atoms with Crippen LogP contribution in [0.1, 0.15) is 48.1 Å². The van der Waals surface area contributed by atoms with Crippen LogP contribution in [-0.2, 0) is 0 Å². The van der Waals surface area contributed by atoms with Crippen molar-refractivity contribution in [3.8, 4) is 0 Å². The number of carboxylic acids is 1. The Balaban J connectivity index is 2.00. The first-order valence-corrected chi connectivity index (χ1v) is 8.78. The largest absolute Gasteiger partial charge is 0.477 e. The summed E-state index contributed by atoms with van der Waals surface area (Å²) in [6.07, 6.45) is 3.74. The minimum Gasteiger partial charge on any atom is -0.477 e. The van der Waals surface area contributed by atoms with Gasteiger partial charge in [-0.05, 0) is 44.7 Å². The third-order valence-electron chi connectivity index (χ3n) is 5.42. The molecule has 0 radical (unpaired) electrons. The van der Waals surface area contributed by atoms with Crippen LogP contribution < -0.4 is 10.3 Å². The van der Waals surface area contributed by atoms with Crippen molar-refractivity contribution in [3.05, 3.63) is 39.4 Å². The summed E-state index contributed by atoms with van der Waals surface area (Å²) in [5.41, 5.74) is -0.292. The molecule has 1 aromatic carbocycles. The molecule has 1 saturated heterocycles. The number of aliphatic hydroxyl groups is 1. The number of aromatic carboxylic acids is 1. The van der Waals surface area contributed by atoms with Gasteiger partial charge >= 0.3 is 5.97 Å². The summed E-state index contributed by atoms with van der Waals surface area (Å²) < 4.78 is 16.7. The zero-order chi connectivity index (χ0) is 18.8. The Bertz CT molecular complexity index is 991. The molecule has 7 heteroatoms. The van der Waals surface area contributed by atoms with E-state index in [0.717, 1.165) is 18.9 Å². The summed E-state index contributed by atoms with van der Waals surface area (Å²) >= 11 is 0. The molecular formula is C19H21FN2O4. The summed E-state index contributed by atoms with van der Waals surface area (Å²) in [7, 11) is 0. The predicted molar refractivity (Wildman–Crippen MR) is 95.6 cm³/mol. The maximum absolute atomic E-state index is 14.9. The Morgan fingerprint density at radius 1 is 1.38 bits per heavy atom. The number of aromatic nitrogens is 1. The first-order chi connectivity index (χ1) is 12.2. The van der Waals surface area contributed by atoms with E-state index in [0.29, 0.717) is 36.3 Å². The minimum absolute atomic E-state index is 0.0986. The van der Waals surface area contributed by atoms with Crippen LogP contribution in [-0.4, -0.2) is 39.4 Å². The van der Waals surface area contributed by atoms with E-state index in [4.69, 9.17) is 0 Å². The molecule has 2 heterocycles. The van der Waals surface area contributed by atoms with Crippen molar-refractivity contribution in [2.75, 3.05) is 18.0 Å². The number of hydrogen-bond donors (Lipinski definition) is 2. The van der Waals surface area contributed by atoms with E-state index in [2.05, 4.69) is 0 Å². The summed E-state index contributed by atoms with van der Waals surface area (Å²) in [4.78, 5) is 25.8. The first kappa shape index (κ1) is 17.0. The van der Waals surface area contributed by atoms with E-state index in [1.165, 1.54) is 6.20 Å². The van der Waals surface area contributed by atoms with Gasteiger partial charge in [0, 0.05) is 30.7 Å². The summed E-state index contributed by atoms with van der Waals surface area (Å²) in [5, 5.41) is 19.7. The number of hydrogen-bond acceptors (Lipinski definition) is 4. The van der Waals surface area contributed by atoms with Crippen molar-refractivity contribution in [1.82, 2.24) is 4.57 Å². The van der Waals surface area contributed by atoms with E-state index in [-0.39, 0.29) is 17.0 Å². The van der Waals surface area contributed by atoms with Crippen molar-refractivity contribution < 1.29 is 19.4 Å². The third-order valence-corrected chi connectivity index (χ3v) is 5.42. The molecule has 1 saturated carbocycles. The molecule has 0 bridgehead atoms. The van der Waals surface area contributed by atoms with Crippen LogP contribution in [0, 0.1) is 12.7 Å². The highest BCUT2D eigenvalue weighted by molar-refractivity contribution is 5.95. The second-order valence-corrected chi connectivity index (χ2v) is 7.71. The van der Waals surface area contributed by atoms with Gasteiger partial charge in [-0.1, -0.05) is 0 Å². The number of fused-ring (bicyclic) bond motifs is 1. The van der Waals surface area contributed by atoms with Crippen molar-refractivity contribution in [2.24, 2.45) is 0 Å². The van der Waals surface area contributed by atoms with Gasteiger partial charge in [-0.3, -0.25) is 4.79 Å². The molecule has 26 heavy (non-hydrogen) atoms. The Hall–Kier alpha value is -2.41. The van der Waals surface area contributed by atoms with E-state index in [1.807, 2.05) is 4.57 Å². The standard InChI is InChI=1S/C19H21FN2O4/c1-10-15-12(7-14(20)16(10)21-6-5-19(2,26)9-21)17(23)13(18(24)25)8-22(15)11-3-4-11/h7-8,11,26H,3-6,9H2,1-2H3,(H,24,25). The van der Waals surface area contributed by atoms with Crippen LogP contribution in [0.25, 0.3) is 10.9 Å². The van der Waals surface area contributed by atoms with Gasteiger partial charge in [0.05, 0.1) is 16.8 Å². The van der Waals surface area contributed by atoms with Crippen LogP contribution in [0.3, 0.4) is 0 Å². The lowest BCUT2D eigenvalue weighted by Gasteiger charge is -2.25. The fourth-order valence-electron chi connectivity index (χ4n) is 3.99. The average molecular weight is 360 g/mol. The van der Waals surface area contributed by atoms with Crippen molar-refractivity contribution >= 4 is 22.6 Å². The minimum atomic E-state index is -1.30. The fraction of sp³-hybridized carbons (Fsp3) is 0.474. The van der Waals surface area contributed by atoms with Crippen LogP contribution in [0.2, 0.25) is 0 Å². The van der Waals surface area contributed by atoms with E-state index >= 15 is 0 Å². The van der Waals surface area contributed by atoms with Gasteiger partial charge in [-0.2, -0.15) is 0 Å². The number of β-amino-alcohol motifs (C(OH)–C–C–N with tert-alkyl or cyclic N) is 1. The summed E-state index contributed by atoms with van der Waals surface area (Å²) in [6.45, 7) is 4.32. The van der Waals surface area contributed by atoms with Crippen LogP contribution in [0.5, 0.6) is 0 Å². The smallest absolute Gasteiger partial charge is 0.341 e. The Kier molecular flexibility index (Phi) is 3.63. The molecule has 1 unspecified atom stereocenters. The molecule has 1 aliphatic heterocycles. The quantitative estimate of drug-likeness (QED) is 0.879. The van der Waals surface area contributed by atoms with Gasteiger partial charge in [0.15, 0.2) is 0 Å². The molecule has 2 fully saturated rings. The number of pyridine rings is 1. The molecule has 4 rings (SSSR count). The SMILES string of the molecule is Cc1c(N2CCC(C)(O)C2)c(F)cc2c(=O)c(C(=O)O)cn(C3CC3)c12. The monoisotopic (exact) mass is 360 g/mol. The summed E-state index contributed by atoms with van der Waals surface area (Å²) in [5.74, 6) is -1.86. The zero-order valence-corrected chi connectivity index (χ0v) is 14.8. The number of carboxylic acid groups (broad SMARTS) is 1. The lowest BCUT2D eigenvalue weighted by atomic mass is 10.0. The highest BCUT2D eigenvalue weighted by atomic mass is 19.1. The number of anilines is 1. The number of halogens is 1. The zero-order valence-electron chi connectivity index (χ0n) is 14.8. The average Bonchev–Trinajstić information content (AvgIpc) is 3.32. The Morgan fingerprint density at radius 3 is 2.62 bits per heavy atom. The number of benzene rings is 1. The molecule has 2 aromatic rings. The summed E-state index contributed by atoms with van der Waals surface area (Å²) in [6, 6.07) is 1.29. The molecule has 0 amide bonds. The Morgan fingerprint density at radius 2 is 2.08 bits per heavy atom. The van der Waals surface area contributed by atoms with Gasteiger partial charge in [-0.25, -0.2) is 9.18 Å². The van der Waals surface area contributed by atoms with Crippen LogP contribution in [0.4, 0.5) is 10.1 Å². The number of aryl methyl sites for hydroxylation is 1. The van der Waals surface area contributed by atoms with Gasteiger partial charge in [0.1, 0.15) is 11.4 Å².